The summed E-state index contributed by atoms with van der Waals surface area (Å²) in [5.74, 6) is -0.419. The molecule has 198 valence electrons. The molecular weight excluding hydrogens is 470 g/mol. The van der Waals surface area contributed by atoms with Crippen LogP contribution in [0.5, 0.6) is 0 Å². The lowest BCUT2D eigenvalue weighted by Crippen LogP contribution is -2.55. The van der Waals surface area contributed by atoms with Crippen molar-refractivity contribution in [3.05, 3.63) is 71.8 Å². The fraction of sp³-hybridized carbons (Fsp3) is 0.429. The number of rotatable bonds is 11. The molecule has 0 spiro atoms. The minimum atomic E-state index is -0.693. The molecule has 9 heteroatoms. The van der Waals surface area contributed by atoms with Crippen molar-refractivity contribution in [1.29, 1.82) is 0 Å². The van der Waals surface area contributed by atoms with Gasteiger partial charge < -0.3 is 20.3 Å². The average Bonchev–Trinajstić information content (AvgIpc) is 2.92. The van der Waals surface area contributed by atoms with Gasteiger partial charge in [-0.05, 0) is 42.9 Å². The second kappa shape index (κ2) is 14.7. The summed E-state index contributed by atoms with van der Waals surface area (Å²) in [6, 6.07) is 17.3. The number of benzene rings is 2. The molecule has 1 aliphatic rings. The van der Waals surface area contributed by atoms with Crippen LogP contribution in [0.3, 0.4) is 0 Å². The first-order valence-electron chi connectivity index (χ1n) is 12.8. The average molecular weight is 508 g/mol. The number of hydrogen-bond donors (Lipinski definition) is 3. The van der Waals surface area contributed by atoms with Gasteiger partial charge in [-0.1, -0.05) is 62.4 Å². The molecule has 3 rings (SSSR count). The van der Waals surface area contributed by atoms with Gasteiger partial charge in [0.2, 0.25) is 5.91 Å². The molecule has 2 aromatic carbocycles. The van der Waals surface area contributed by atoms with Crippen LogP contribution in [0.1, 0.15) is 42.6 Å². The van der Waals surface area contributed by atoms with Crippen LogP contribution in [-0.2, 0) is 16.0 Å². The molecule has 0 unspecified atom stereocenters. The summed E-state index contributed by atoms with van der Waals surface area (Å²) in [4.78, 5) is 40.1. The van der Waals surface area contributed by atoms with E-state index in [1.54, 1.807) is 29.2 Å². The largest absolute Gasteiger partial charge is 0.378 e. The first-order valence-corrected chi connectivity index (χ1v) is 12.8. The van der Waals surface area contributed by atoms with E-state index in [1.165, 1.54) is 6.21 Å². The van der Waals surface area contributed by atoms with Crippen molar-refractivity contribution in [2.75, 3.05) is 26.3 Å². The zero-order valence-electron chi connectivity index (χ0n) is 21.6. The Morgan fingerprint density at radius 1 is 0.973 bits per heavy atom. The molecule has 1 fully saturated rings. The first-order chi connectivity index (χ1) is 17.9. The molecule has 4 amide bonds. The van der Waals surface area contributed by atoms with E-state index in [2.05, 4.69) is 21.2 Å². The van der Waals surface area contributed by atoms with Gasteiger partial charge in [-0.15, -0.1) is 0 Å². The number of nitrogens with zero attached hydrogens (tertiary/aromatic N) is 2. The zero-order valence-corrected chi connectivity index (χ0v) is 21.6. The van der Waals surface area contributed by atoms with Crippen LogP contribution in [0.15, 0.2) is 65.8 Å². The maximum atomic E-state index is 13.3. The van der Waals surface area contributed by atoms with E-state index in [1.807, 2.05) is 50.2 Å². The number of carbonyl (C=O) groups is 3. The Morgan fingerprint density at radius 3 is 2.27 bits per heavy atom. The summed E-state index contributed by atoms with van der Waals surface area (Å²) in [5.41, 5.74) is 4.15. The Morgan fingerprint density at radius 2 is 1.62 bits per heavy atom. The zero-order chi connectivity index (χ0) is 26.5. The molecule has 9 nitrogen and oxygen atoms in total. The summed E-state index contributed by atoms with van der Waals surface area (Å²) in [5, 5.41) is 10.0. The fourth-order valence-corrected chi connectivity index (χ4v) is 3.98. The normalized spacial score (nSPS) is 15.3. The molecule has 0 bridgehead atoms. The molecule has 1 aliphatic heterocycles. The summed E-state index contributed by atoms with van der Waals surface area (Å²) >= 11 is 0. The van der Waals surface area contributed by atoms with E-state index in [0.29, 0.717) is 51.1 Å². The van der Waals surface area contributed by atoms with Crippen molar-refractivity contribution >= 4 is 24.1 Å². The van der Waals surface area contributed by atoms with Crippen molar-refractivity contribution in [3.8, 4) is 0 Å². The number of hydrazone groups is 1. The van der Waals surface area contributed by atoms with E-state index in [9.17, 15) is 14.4 Å². The molecular formula is C28H37N5O4. The third kappa shape index (κ3) is 9.69. The van der Waals surface area contributed by atoms with E-state index in [4.69, 9.17) is 4.74 Å². The molecule has 0 aromatic heterocycles. The van der Waals surface area contributed by atoms with Gasteiger partial charge in [0.25, 0.3) is 5.91 Å². The molecule has 37 heavy (non-hydrogen) atoms. The monoisotopic (exact) mass is 507 g/mol. The number of morpholine rings is 1. The molecule has 0 saturated carbocycles. The van der Waals surface area contributed by atoms with Crippen molar-refractivity contribution < 1.29 is 19.1 Å². The van der Waals surface area contributed by atoms with Crippen LogP contribution < -0.4 is 16.1 Å². The molecule has 2 atom stereocenters. The van der Waals surface area contributed by atoms with Gasteiger partial charge in [-0.2, -0.15) is 5.10 Å². The number of aryl methyl sites for hydroxylation is 1. The highest BCUT2D eigenvalue weighted by molar-refractivity contribution is 5.94. The summed E-state index contributed by atoms with van der Waals surface area (Å²) in [6.07, 6.45) is 3.32. The van der Waals surface area contributed by atoms with Crippen LogP contribution in [0, 0.1) is 5.92 Å². The van der Waals surface area contributed by atoms with Gasteiger partial charge in [0.05, 0.1) is 19.3 Å². The third-order valence-electron chi connectivity index (χ3n) is 5.99. The lowest BCUT2D eigenvalue weighted by molar-refractivity contribution is -0.123. The van der Waals surface area contributed by atoms with Crippen molar-refractivity contribution in [2.24, 2.45) is 11.0 Å². The van der Waals surface area contributed by atoms with Crippen LogP contribution in [0.4, 0.5) is 4.79 Å². The Hall–Kier alpha value is -3.72. The van der Waals surface area contributed by atoms with Crippen molar-refractivity contribution in [3.63, 3.8) is 0 Å². The van der Waals surface area contributed by atoms with Crippen LogP contribution >= 0.6 is 0 Å². The molecule has 0 aliphatic carbocycles. The standard InChI is InChI=1S/C28H37N5O4/c1-21(2)19-25(31-28(36)33-15-17-37-18-16-33)27(35)30-24(14-13-22-9-5-3-6-10-22)20-29-32-26(34)23-11-7-4-8-12-23/h3-12,20-21,24-25H,13-19H2,1-2H3,(H,30,35)(H,31,36)(H,32,34)/b29-20+/t24-,25-/m0/s1. The van der Waals surface area contributed by atoms with E-state index in [0.717, 1.165) is 5.56 Å². The van der Waals surface area contributed by atoms with Gasteiger partial charge in [0, 0.05) is 24.9 Å². The van der Waals surface area contributed by atoms with Crippen molar-refractivity contribution in [2.45, 2.75) is 45.2 Å². The predicted octanol–water partition coefficient (Wildman–Crippen LogP) is 2.98. The van der Waals surface area contributed by atoms with Gasteiger partial charge in [-0.3, -0.25) is 9.59 Å². The molecule has 2 aromatic rings. The van der Waals surface area contributed by atoms with Crippen LogP contribution in [0.25, 0.3) is 0 Å². The third-order valence-corrected chi connectivity index (χ3v) is 5.99. The maximum Gasteiger partial charge on any atom is 0.318 e. The van der Waals surface area contributed by atoms with Gasteiger partial charge in [0.1, 0.15) is 6.04 Å². The smallest absolute Gasteiger partial charge is 0.318 e. The minimum Gasteiger partial charge on any atom is -0.378 e. The Bertz CT molecular complexity index is 1020. The van der Waals surface area contributed by atoms with Crippen LogP contribution in [0.2, 0.25) is 0 Å². The Labute approximate surface area is 218 Å². The van der Waals surface area contributed by atoms with E-state index in [-0.39, 0.29) is 23.8 Å². The van der Waals surface area contributed by atoms with E-state index >= 15 is 0 Å². The highest BCUT2D eigenvalue weighted by atomic mass is 16.5. The highest BCUT2D eigenvalue weighted by Crippen LogP contribution is 2.09. The SMILES string of the molecule is CC(C)C[C@H](NC(=O)N1CCOCC1)C(=O)N[C@H](/C=N/NC(=O)c1ccccc1)CCc1ccccc1. The second-order valence-electron chi connectivity index (χ2n) is 9.46. The first kappa shape index (κ1) is 27.9. The number of ether oxygens (including phenoxy) is 1. The fourth-order valence-electron chi connectivity index (χ4n) is 3.98. The second-order valence-corrected chi connectivity index (χ2v) is 9.46. The van der Waals surface area contributed by atoms with Gasteiger partial charge in [-0.25, -0.2) is 10.2 Å². The number of amides is 4. The van der Waals surface area contributed by atoms with Gasteiger partial charge >= 0.3 is 6.03 Å². The highest BCUT2D eigenvalue weighted by Gasteiger charge is 2.26. The quantitative estimate of drug-likeness (QED) is 0.321. The number of hydrogen-bond acceptors (Lipinski definition) is 5. The summed E-state index contributed by atoms with van der Waals surface area (Å²) < 4.78 is 5.32. The molecule has 3 N–H and O–H groups in total. The molecule has 1 saturated heterocycles. The number of urea groups is 1. The minimum absolute atomic E-state index is 0.197. The van der Waals surface area contributed by atoms with Gasteiger partial charge in [0.15, 0.2) is 0 Å². The Kier molecular flexibility index (Phi) is 11.1. The van der Waals surface area contributed by atoms with Crippen LogP contribution in [-0.4, -0.2) is 67.3 Å². The molecule has 0 radical (unpaired) electrons. The topological polar surface area (TPSA) is 112 Å². The number of nitrogens with one attached hydrogen (secondary N) is 3. The molecule has 1 heterocycles. The number of carbonyl (C=O) groups excluding carboxylic acids is 3. The lowest BCUT2D eigenvalue weighted by Gasteiger charge is -2.30. The Balaban J connectivity index is 1.66. The maximum absolute atomic E-state index is 13.3. The van der Waals surface area contributed by atoms with E-state index < -0.39 is 12.1 Å². The lowest BCUT2D eigenvalue weighted by atomic mass is 10.0. The summed E-state index contributed by atoms with van der Waals surface area (Å²) in [7, 11) is 0. The summed E-state index contributed by atoms with van der Waals surface area (Å²) in [6.45, 7) is 5.98. The van der Waals surface area contributed by atoms with Crippen molar-refractivity contribution in [1.82, 2.24) is 21.0 Å². The predicted molar refractivity (Wildman–Crippen MR) is 143 cm³/mol.